The highest BCUT2D eigenvalue weighted by molar-refractivity contribution is 7.17. The highest BCUT2D eigenvalue weighted by atomic mass is 32.1. The molecule has 2 aromatic heterocycles. The molecule has 0 bridgehead atoms. The molecule has 1 amide bonds. The van der Waals surface area contributed by atoms with Gasteiger partial charge in [-0.3, -0.25) is 14.2 Å². The van der Waals surface area contributed by atoms with Gasteiger partial charge in [-0.2, -0.15) is 5.10 Å². The summed E-state index contributed by atoms with van der Waals surface area (Å²) >= 11 is 1.40. The summed E-state index contributed by atoms with van der Waals surface area (Å²) < 4.78 is 12.6. The summed E-state index contributed by atoms with van der Waals surface area (Å²) in [6, 6.07) is 25.1. The summed E-state index contributed by atoms with van der Waals surface area (Å²) in [4.78, 5) is 30.7. The highest BCUT2D eigenvalue weighted by Crippen LogP contribution is 2.30. The van der Waals surface area contributed by atoms with Crippen LogP contribution in [-0.4, -0.2) is 35.4 Å². The maximum absolute atomic E-state index is 13.2. The van der Waals surface area contributed by atoms with E-state index >= 15 is 0 Å². The van der Waals surface area contributed by atoms with Crippen LogP contribution in [0.3, 0.4) is 0 Å². The van der Waals surface area contributed by atoms with Crippen LogP contribution in [0.4, 0.5) is 0 Å². The molecule has 2 heterocycles. The first kappa shape index (κ1) is 25.9. The predicted octanol–water partition coefficient (Wildman–Crippen LogP) is 4.91. The van der Waals surface area contributed by atoms with Crippen LogP contribution in [0.5, 0.6) is 11.5 Å². The lowest BCUT2D eigenvalue weighted by Crippen LogP contribution is -2.30. The number of fused-ring (bicyclic) bond motifs is 1. The van der Waals surface area contributed by atoms with E-state index in [1.807, 2.05) is 60.0 Å². The third-order valence-electron chi connectivity index (χ3n) is 6.04. The zero-order valence-electron chi connectivity index (χ0n) is 21.2. The molecule has 196 valence electrons. The second kappa shape index (κ2) is 12.2. The van der Waals surface area contributed by atoms with Gasteiger partial charge in [0.2, 0.25) is 0 Å². The van der Waals surface area contributed by atoms with Gasteiger partial charge in [-0.15, -0.1) is 11.3 Å². The van der Waals surface area contributed by atoms with Crippen LogP contribution in [0.1, 0.15) is 11.1 Å². The fourth-order valence-electron chi connectivity index (χ4n) is 4.09. The number of hydrogen-bond acceptors (Lipinski definition) is 7. The van der Waals surface area contributed by atoms with Crippen molar-refractivity contribution in [2.45, 2.75) is 13.0 Å². The van der Waals surface area contributed by atoms with Crippen LogP contribution in [0.2, 0.25) is 0 Å². The van der Waals surface area contributed by atoms with Crippen LogP contribution in [0, 0.1) is 0 Å². The molecule has 5 aromatic rings. The number of methoxy groups -OCH3 is 1. The van der Waals surface area contributed by atoms with Gasteiger partial charge in [0.05, 0.1) is 31.6 Å². The minimum atomic E-state index is -0.446. The van der Waals surface area contributed by atoms with E-state index in [1.54, 1.807) is 19.2 Å². The fourth-order valence-corrected chi connectivity index (χ4v) is 4.99. The third kappa shape index (κ3) is 6.22. The van der Waals surface area contributed by atoms with Crippen molar-refractivity contribution in [1.29, 1.82) is 0 Å². The first-order valence-electron chi connectivity index (χ1n) is 12.3. The molecule has 0 saturated carbocycles. The lowest BCUT2D eigenvalue weighted by atomic mass is 10.1. The van der Waals surface area contributed by atoms with Crippen molar-refractivity contribution in [3.63, 3.8) is 0 Å². The predicted molar refractivity (Wildman–Crippen MR) is 154 cm³/mol. The van der Waals surface area contributed by atoms with E-state index in [4.69, 9.17) is 9.47 Å². The van der Waals surface area contributed by atoms with Crippen LogP contribution in [0.25, 0.3) is 21.3 Å². The number of rotatable bonds is 10. The van der Waals surface area contributed by atoms with Gasteiger partial charge in [0.25, 0.3) is 11.5 Å². The highest BCUT2D eigenvalue weighted by Gasteiger charge is 2.14. The summed E-state index contributed by atoms with van der Waals surface area (Å²) in [6.45, 7) is 0.308. The topological polar surface area (TPSA) is 94.8 Å². The fraction of sp³-hybridized carbons (Fsp3) is 0.133. The molecule has 0 spiro atoms. The third-order valence-corrected chi connectivity index (χ3v) is 6.93. The number of ether oxygens (including phenoxy) is 2. The smallest absolute Gasteiger partial charge is 0.263 e. The molecular formula is C30H26N4O4S. The van der Waals surface area contributed by atoms with E-state index in [9.17, 15) is 9.59 Å². The number of benzene rings is 3. The lowest BCUT2D eigenvalue weighted by molar-refractivity contribution is -0.121. The lowest BCUT2D eigenvalue weighted by Gasteiger charge is -2.11. The number of thiophene rings is 1. The zero-order chi connectivity index (χ0) is 27.0. The number of hydrogen-bond donors (Lipinski definition) is 1. The summed E-state index contributed by atoms with van der Waals surface area (Å²) in [5.74, 6) is 0.744. The maximum Gasteiger partial charge on any atom is 0.263 e. The Kier molecular flexibility index (Phi) is 8.09. The molecule has 0 fully saturated rings. The normalized spacial score (nSPS) is 11.1. The Hall–Kier alpha value is -4.76. The Bertz CT molecular complexity index is 1660. The van der Waals surface area contributed by atoms with Gasteiger partial charge in [-0.1, -0.05) is 60.7 Å². The maximum atomic E-state index is 13.2. The van der Waals surface area contributed by atoms with Gasteiger partial charge in [0, 0.05) is 17.4 Å². The molecule has 1 N–H and O–H groups in total. The average molecular weight is 539 g/mol. The number of aromatic nitrogens is 2. The summed E-state index contributed by atoms with van der Waals surface area (Å²) in [5.41, 5.74) is 5.85. The van der Waals surface area contributed by atoms with Crippen LogP contribution in [-0.2, 0) is 17.8 Å². The number of carbonyl (C=O) groups excluding carboxylic acids is 1. The Morgan fingerprint density at radius 3 is 2.59 bits per heavy atom. The van der Waals surface area contributed by atoms with Crippen molar-refractivity contribution in [3.8, 4) is 22.6 Å². The summed E-state index contributed by atoms with van der Waals surface area (Å²) in [6.07, 6.45) is 3.68. The first-order valence-corrected chi connectivity index (χ1v) is 13.2. The standard InChI is InChI=1S/C30H26N4O4S/c1-37-26-16-22(12-13-25(26)38-15-14-21-8-4-2-5-9-21)17-32-33-27(35)18-34-20-31-29-28(30(34)36)24(19-39-29)23-10-6-3-7-11-23/h2-13,16-17,19-20H,14-15,18H2,1H3,(H,33,35). The quantitative estimate of drug-likeness (QED) is 0.202. The molecule has 9 heteroatoms. The second-order valence-corrected chi connectivity index (χ2v) is 9.52. The van der Waals surface area contributed by atoms with Crippen LogP contribution in [0.15, 0.2) is 100 Å². The molecule has 3 aromatic carbocycles. The summed E-state index contributed by atoms with van der Waals surface area (Å²) in [7, 11) is 1.57. The average Bonchev–Trinajstić information content (AvgIpc) is 3.41. The molecule has 0 aliphatic heterocycles. The van der Waals surface area contributed by atoms with E-state index in [2.05, 4.69) is 27.6 Å². The zero-order valence-corrected chi connectivity index (χ0v) is 22.1. The van der Waals surface area contributed by atoms with E-state index in [0.29, 0.717) is 33.9 Å². The molecule has 0 aliphatic rings. The van der Waals surface area contributed by atoms with Crippen molar-refractivity contribution in [2.24, 2.45) is 5.10 Å². The Balaban J connectivity index is 1.21. The Labute approximate surface area is 229 Å². The van der Waals surface area contributed by atoms with E-state index in [0.717, 1.165) is 17.5 Å². The Morgan fingerprint density at radius 2 is 1.82 bits per heavy atom. The number of carbonyl (C=O) groups is 1. The number of amides is 1. The van der Waals surface area contributed by atoms with Gasteiger partial charge in [-0.25, -0.2) is 10.4 Å². The Morgan fingerprint density at radius 1 is 1.05 bits per heavy atom. The van der Waals surface area contributed by atoms with Gasteiger partial charge in [0.15, 0.2) is 11.5 Å². The molecule has 0 saturated heterocycles. The van der Waals surface area contributed by atoms with E-state index < -0.39 is 5.91 Å². The first-order chi connectivity index (χ1) is 19.1. The van der Waals surface area contributed by atoms with Gasteiger partial charge >= 0.3 is 0 Å². The molecule has 0 aliphatic carbocycles. The minimum absolute atomic E-state index is 0.208. The van der Waals surface area contributed by atoms with Gasteiger partial charge in [0.1, 0.15) is 11.4 Å². The van der Waals surface area contributed by atoms with Crippen molar-refractivity contribution in [2.75, 3.05) is 13.7 Å². The minimum Gasteiger partial charge on any atom is -0.493 e. The molecule has 0 atom stereocenters. The van der Waals surface area contributed by atoms with E-state index in [-0.39, 0.29) is 12.1 Å². The van der Waals surface area contributed by atoms with Crippen molar-refractivity contribution < 1.29 is 14.3 Å². The number of nitrogens with one attached hydrogen (secondary N) is 1. The van der Waals surface area contributed by atoms with Gasteiger partial charge < -0.3 is 9.47 Å². The van der Waals surface area contributed by atoms with Crippen molar-refractivity contribution in [3.05, 3.63) is 112 Å². The van der Waals surface area contributed by atoms with Gasteiger partial charge in [-0.05, 0) is 34.9 Å². The summed E-state index contributed by atoms with van der Waals surface area (Å²) in [5, 5.41) is 6.45. The molecular weight excluding hydrogens is 512 g/mol. The number of hydrazone groups is 1. The second-order valence-electron chi connectivity index (χ2n) is 8.66. The van der Waals surface area contributed by atoms with Crippen molar-refractivity contribution in [1.82, 2.24) is 15.0 Å². The molecule has 8 nitrogen and oxygen atoms in total. The SMILES string of the molecule is COc1cc(C=NNC(=O)Cn2cnc3scc(-c4ccccc4)c3c2=O)ccc1OCCc1ccccc1. The van der Waals surface area contributed by atoms with Crippen LogP contribution >= 0.6 is 11.3 Å². The van der Waals surface area contributed by atoms with E-state index in [1.165, 1.54) is 34.0 Å². The molecule has 39 heavy (non-hydrogen) atoms. The monoisotopic (exact) mass is 538 g/mol. The van der Waals surface area contributed by atoms with Crippen molar-refractivity contribution >= 4 is 33.7 Å². The largest absolute Gasteiger partial charge is 0.493 e. The molecule has 5 rings (SSSR count). The molecule has 0 unspecified atom stereocenters. The number of nitrogens with zero attached hydrogens (tertiary/aromatic N) is 3. The van der Waals surface area contributed by atoms with Crippen LogP contribution < -0.4 is 20.5 Å². The molecule has 0 radical (unpaired) electrons.